The van der Waals surface area contributed by atoms with Crippen molar-refractivity contribution >= 4 is 55.7 Å². The number of rotatable bonds is 12. The molecule has 0 aliphatic carbocycles. The van der Waals surface area contributed by atoms with E-state index in [4.69, 9.17) is 18.9 Å². The number of ether oxygens (including phenoxy) is 4. The first-order valence-electron chi connectivity index (χ1n) is 11.8. The van der Waals surface area contributed by atoms with Gasteiger partial charge >= 0.3 is 23.9 Å². The van der Waals surface area contributed by atoms with Crippen molar-refractivity contribution in [2.24, 2.45) is 10.8 Å². The van der Waals surface area contributed by atoms with Crippen LogP contribution in [0.4, 0.5) is 0 Å². The second-order valence-electron chi connectivity index (χ2n) is 11.8. The van der Waals surface area contributed by atoms with Crippen LogP contribution >= 0.6 is 31.9 Å². The third-order valence-electron chi connectivity index (χ3n) is 4.60. The van der Waals surface area contributed by atoms with Gasteiger partial charge in [-0.25, -0.2) is 0 Å². The zero-order chi connectivity index (χ0) is 28.5. The molecule has 0 saturated carbocycles. The van der Waals surface area contributed by atoms with Crippen molar-refractivity contribution < 1.29 is 38.1 Å². The Morgan fingerprint density at radius 2 is 0.889 bits per heavy atom. The predicted molar refractivity (Wildman–Crippen MR) is 145 cm³/mol. The standard InChI is InChI=1S/C26H42Br2O8/c1-23(2,3)35-19(29)17(27)15-25(7,8)21(31)33-13-11-12-14-34-22(32)26(9,10)16-18(28)20(30)36-24(4,5)6/h11-12,17-18H,13-16H2,1-10H3/b12-11+. The van der Waals surface area contributed by atoms with Crippen LogP contribution in [0.15, 0.2) is 12.2 Å². The summed E-state index contributed by atoms with van der Waals surface area (Å²) in [5.74, 6) is -1.82. The van der Waals surface area contributed by atoms with Crippen LogP contribution in [-0.2, 0) is 38.1 Å². The van der Waals surface area contributed by atoms with E-state index in [0.717, 1.165) is 0 Å². The molecule has 0 spiro atoms. The van der Waals surface area contributed by atoms with E-state index in [9.17, 15) is 19.2 Å². The number of carbonyl (C=O) groups excluding carboxylic acids is 4. The highest BCUT2D eigenvalue weighted by Gasteiger charge is 2.37. The van der Waals surface area contributed by atoms with Gasteiger partial charge in [-0.1, -0.05) is 31.9 Å². The molecule has 0 aromatic carbocycles. The molecule has 0 aliphatic heterocycles. The summed E-state index contributed by atoms with van der Waals surface area (Å²) >= 11 is 6.59. The van der Waals surface area contributed by atoms with E-state index in [1.165, 1.54) is 0 Å². The van der Waals surface area contributed by atoms with Gasteiger partial charge in [0.2, 0.25) is 0 Å². The predicted octanol–water partition coefficient (Wildman–Crippen LogP) is 5.67. The van der Waals surface area contributed by atoms with Crippen molar-refractivity contribution in [2.75, 3.05) is 13.2 Å². The summed E-state index contributed by atoms with van der Waals surface area (Å²) in [6.07, 6.45) is 3.55. The topological polar surface area (TPSA) is 105 Å². The van der Waals surface area contributed by atoms with Crippen molar-refractivity contribution in [3.8, 4) is 0 Å². The zero-order valence-electron chi connectivity index (χ0n) is 23.2. The summed E-state index contributed by atoms with van der Waals surface area (Å²) in [6, 6.07) is 0. The Hall–Kier alpha value is -1.42. The molecular formula is C26H42Br2O8. The average molecular weight is 642 g/mol. The third-order valence-corrected chi connectivity index (χ3v) is 5.99. The van der Waals surface area contributed by atoms with Gasteiger partial charge in [-0.3, -0.25) is 19.2 Å². The molecule has 0 aliphatic rings. The molecule has 2 atom stereocenters. The molecule has 0 heterocycles. The van der Waals surface area contributed by atoms with Gasteiger partial charge in [-0.2, -0.15) is 0 Å². The van der Waals surface area contributed by atoms with Crippen molar-refractivity contribution in [3.63, 3.8) is 0 Å². The zero-order valence-corrected chi connectivity index (χ0v) is 26.3. The largest absolute Gasteiger partial charge is 0.461 e. The summed E-state index contributed by atoms with van der Waals surface area (Å²) in [5, 5.41) is 0. The molecule has 10 heteroatoms. The Balaban J connectivity index is 4.56. The van der Waals surface area contributed by atoms with Crippen LogP contribution in [0, 0.1) is 10.8 Å². The smallest absolute Gasteiger partial charge is 0.320 e. The molecular weight excluding hydrogens is 600 g/mol. The lowest BCUT2D eigenvalue weighted by Crippen LogP contribution is -2.35. The van der Waals surface area contributed by atoms with Crippen molar-refractivity contribution in [2.45, 2.75) is 103 Å². The van der Waals surface area contributed by atoms with Gasteiger partial charge in [0.05, 0.1) is 10.8 Å². The number of halogens is 2. The molecule has 0 amide bonds. The number of hydrogen-bond donors (Lipinski definition) is 0. The van der Waals surface area contributed by atoms with Gasteiger partial charge < -0.3 is 18.9 Å². The number of esters is 4. The van der Waals surface area contributed by atoms with E-state index in [2.05, 4.69) is 31.9 Å². The van der Waals surface area contributed by atoms with Gasteiger partial charge in [0.15, 0.2) is 0 Å². The van der Waals surface area contributed by atoms with Gasteiger partial charge in [0.25, 0.3) is 0 Å². The van der Waals surface area contributed by atoms with Crippen LogP contribution in [0.1, 0.15) is 82.1 Å². The van der Waals surface area contributed by atoms with E-state index in [0.29, 0.717) is 0 Å². The van der Waals surface area contributed by atoms with Crippen molar-refractivity contribution in [3.05, 3.63) is 12.2 Å². The van der Waals surface area contributed by atoms with E-state index < -0.39 is 55.6 Å². The minimum absolute atomic E-state index is 0.00921. The first-order chi connectivity index (χ1) is 16.1. The maximum Gasteiger partial charge on any atom is 0.320 e. The first kappa shape index (κ1) is 34.6. The molecule has 8 nitrogen and oxygen atoms in total. The Morgan fingerprint density at radius 1 is 0.611 bits per heavy atom. The monoisotopic (exact) mass is 640 g/mol. The van der Waals surface area contributed by atoms with Crippen molar-refractivity contribution in [1.29, 1.82) is 0 Å². The van der Waals surface area contributed by atoms with Crippen LogP contribution < -0.4 is 0 Å². The highest BCUT2D eigenvalue weighted by molar-refractivity contribution is 9.10. The molecule has 0 aromatic heterocycles. The summed E-state index contributed by atoms with van der Waals surface area (Å²) in [4.78, 5) is 48.0. The lowest BCUT2D eigenvalue weighted by atomic mass is 9.88. The lowest BCUT2D eigenvalue weighted by Gasteiger charge is -2.27. The molecule has 208 valence electrons. The fourth-order valence-electron chi connectivity index (χ4n) is 2.74. The highest BCUT2D eigenvalue weighted by atomic mass is 79.9. The number of hydrogen-bond acceptors (Lipinski definition) is 8. The summed E-state index contributed by atoms with van der Waals surface area (Å²) in [7, 11) is 0. The number of alkyl halides is 2. The van der Waals surface area contributed by atoms with Gasteiger partial charge in [0, 0.05) is 0 Å². The van der Waals surface area contributed by atoms with Crippen LogP contribution in [0.5, 0.6) is 0 Å². The Morgan fingerprint density at radius 3 is 1.14 bits per heavy atom. The summed E-state index contributed by atoms with van der Waals surface area (Å²) < 4.78 is 21.2. The minimum atomic E-state index is -0.921. The minimum Gasteiger partial charge on any atom is -0.461 e. The maximum absolute atomic E-state index is 12.5. The highest BCUT2D eigenvalue weighted by Crippen LogP contribution is 2.30. The Kier molecular flexibility index (Phi) is 13.4. The quantitative estimate of drug-likeness (QED) is 0.116. The third kappa shape index (κ3) is 14.4. The van der Waals surface area contributed by atoms with Gasteiger partial charge in [0.1, 0.15) is 34.1 Å². The fraction of sp³-hybridized carbons (Fsp3) is 0.769. The van der Waals surface area contributed by atoms with Crippen LogP contribution in [0.2, 0.25) is 0 Å². The average Bonchev–Trinajstić information content (AvgIpc) is 2.66. The SMILES string of the molecule is CC(C)(C)OC(=O)C(Br)CC(C)(C)C(=O)OC/C=C/COC(=O)C(C)(C)CC(Br)C(=O)OC(C)(C)C. The van der Waals surface area contributed by atoms with E-state index in [1.807, 2.05) is 0 Å². The molecule has 36 heavy (non-hydrogen) atoms. The van der Waals surface area contributed by atoms with Crippen LogP contribution in [0.3, 0.4) is 0 Å². The molecule has 0 N–H and O–H groups in total. The van der Waals surface area contributed by atoms with Gasteiger partial charge in [-0.05, 0) is 94.2 Å². The maximum atomic E-state index is 12.5. The fourth-order valence-corrected chi connectivity index (χ4v) is 4.54. The van der Waals surface area contributed by atoms with Crippen molar-refractivity contribution in [1.82, 2.24) is 0 Å². The first-order valence-corrected chi connectivity index (χ1v) is 13.6. The molecule has 0 bridgehead atoms. The lowest BCUT2D eigenvalue weighted by molar-refractivity contribution is -0.159. The second-order valence-corrected chi connectivity index (χ2v) is 14.1. The van der Waals surface area contributed by atoms with E-state index in [1.54, 1.807) is 81.4 Å². The molecule has 0 radical (unpaired) electrons. The molecule has 0 rings (SSSR count). The molecule has 0 saturated heterocycles. The summed E-state index contributed by atoms with van der Waals surface area (Å²) in [5.41, 5.74) is -3.08. The van der Waals surface area contributed by atoms with Crippen LogP contribution in [-0.4, -0.2) is 57.9 Å². The van der Waals surface area contributed by atoms with E-state index in [-0.39, 0.29) is 26.1 Å². The Labute approximate surface area is 232 Å². The molecule has 0 aromatic rings. The number of carbonyl (C=O) groups is 4. The molecule has 0 fully saturated rings. The van der Waals surface area contributed by atoms with Crippen LogP contribution in [0.25, 0.3) is 0 Å². The second kappa shape index (κ2) is 13.9. The normalized spacial score (nSPS) is 14.7. The summed E-state index contributed by atoms with van der Waals surface area (Å²) in [6.45, 7) is 17.4. The van der Waals surface area contributed by atoms with Gasteiger partial charge in [-0.15, -0.1) is 0 Å². The molecule has 2 unspecified atom stereocenters. The van der Waals surface area contributed by atoms with E-state index >= 15 is 0 Å². The Bertz CT molecular complexity index is 738.